The Hall–Kier alpha value is -0.570. The highest BCUT2D eigenvalue weighted by molar-refractivity contribution is 5.81. The van der Waals surface area contributed by atoms with Gasteiger partial charge in [-0.25, -0.2) is 0 Å². The molecule has 0 aromatic rings. The summed E-state index contributed by atoms with van der Waals surface area (Å²) in [6.07, 6.45) is 0.965. The molecule has 0 aromatic carbocycles. The second-order valence-corrected chi connectivity index (χ2v) is 3.98. The van der Waals surface area contributed by atoms with Crippen LogP contribution in [0.4, 0.5) is 0 Å². The molecule has 13 heavy (non-hydrogen) atoms. The lowest BCUT2D eigenvalue weighted by molar-refractivity contribution is -0.134. The molecule has 0 aliphatic rings. The number of rotatable bonds is 4. The van der Waals surface area contributed by atoms with Gasteiger partial charge in [0.05, 0.1) is 6.04 Å². The summed E-state index contributed by atoms with van der Waals surface area (Å²) in [6.45, 7) is 8.03. The highest BCUT2D eigenvalue weighted by Crippen LogP contribution is 2.06. The Kier molecular flexibility index (Phi) is 4.99. The quantitative estimate of drug-likeness (QED) is 0.717. The van der Waals surface area contributed by atoms with E-state index in [1.54, 1.807) is 4.90 Å². The standard InChI is InChI=1S/C10H22N2O/c1-6-8(4)12(5)10(13)9(11)7(2)3/h7-9H,6,11H2,1-5H3/t8-,9+/m0/s1. The first-order valence-electron chi connectivity index (χ1n) is 4.94. The summed E-state index contributed by atoms with van der Waals surface area (Å²) < 4.78 is 0. The number of likely N-dealkylation sites (N-methyl/N-ethyl adjacent to an activating group) is 1. The van der Waals surface area contributed by atoms with Gasteiger partial charge in [0, 0.05) is 13.1 Å². The van der Waals surface area contributed by atoms with Crippen molar-refractivity contribution >= 4 is 5.91 Å². The zero-order valence-electron chi connectivity index (χ0n) is 9.37. The predicted molar refractivity (Wildman–Crippen MR) is 55.3 cm³/mol. The third-order valence-corrected chi connectivity index (χ3v) is 2.60. The summed E-state index contributed by atoms with van der Waals surface area (Å²) in [4.78, 5) is 13.4. The Morgan fingerprint density at radius 3 is 2.15 bits per heavy atom. The predicted octanol–water partition coefficient (Wildman–Crippen LogP) is 1.23. The van der Waals surface area contributed by atoms with Crippen LogP contribution in [0, 0.1) is 5.92 Å². The Labute approximate surface area is 81.3 Å². The van der Waals surface area contributed by atoms with Crippen LogP contribution in [0.5, 0.6) is 0 Å². The van der Waals surface area contributed by atoms with Crippen molar-refractivity contribution < 1.29 is 4.79 Å². The van der Waals surface area contributed by atoms with Gasteiger partial charge in [0.25, 0.3) is 0 Å². The van der Waals surface area contributed by atoms with Crippen LogP contribution in [-0.2, 0) is 4.79 Å². The van der Waals surface area contributed by atoms with E-state index in [-0.39, 0.29) is 23.9 Å². The molecule has 0 saturated carbocycles. The fraction of sp³-hybridized carbons (Fsp3) is 0.900. The molecular formula is C10H22N2O. The minimum Gasteiger partial charge on any atom is -0.342 e. The SMILES string of the molecule is CC[C@H](C)N(C)C(=O)[C@H](N)C(C)C. The Morgan fingerprint density at radius 2 is 1.85 bits per heavy atom. The first kappa shape index (κ1) is 12.4. The lowest BCUT2D eigenvalue weighted by atomic mass is 10.0. The van der Waals surface area contributed by atoms with Crippen molar-refractivity contribution in [1.82, 2.24) is 4.90 Å². The van der Waals surface area contributed by atoms with Crippen molar-refractivity contribution in [3.63, 3.8) is 0 Å². The van der Waals surface area contributed by atoms with E-state index < -0.39 is 0 Å². The van der Waals surface area contributed by atoms with Gasteiger partial charge >= 0.3 is 0 Å². The zero-order valence-corrected chi connectivity index (χ0v) is 9.37. The fourth-order valence-electron chi connectivity index (χ4n) is 1.01. The number of carbonyl (C=O) groups is 1. The lowest BCUT2D eigenvalue weighted by Crippen LogP contribution is -2.47. The van der Waals surface area contributed by atoms with E-state index in [0.29, 0.717) is 0 Å². The number of carbonyl (C=O) groups excluding carboxylic acids is 1. The molecule has 3 heteroatoms. The highest BCUT2D eigenvalue weighted by Gasteiger charge is 2.23. The second-order valence-electron chi connectivity index (χ2n) is 3.98. The van der Waals surface area contributed by atoms with Crippen LogP contribution in [0.3, 0.4) is 0 Å². The van der Waals surface area contributed by atoms with E-state index in [2.05, 4.69) is 6.92 Å². The summed E-state index contributed by atoms with van der Waals surface area (Å²) >= 11 is 0. The van der Waals surface area contributed by atoms with Gasteiger partial charge in [0.15, 0.2) is 0 Å². The van der Waals surface area contributed by atoms with Crippen LogP contribution in [-0.4, -0.2) is 29.9 Å². The van der Waals surface area contributed by atoms with E-state index in [1.165, 1.54) is 0 Å². The molecule has 0 bridgehead atoms. The minimum absolute atomic E-state index is 0.0457. The van der Waals surface area contributed by atoms with E-state index in [0.717, 1.165) is 6.42 Å². The van der Waals surface area contributed by atoms with Crippen molar-refractivity contribution in [3.05, 3.63) is 0 Å². The lowest BCUT2D eigenvalue weighted by Gasteiger charge is -2.28. The van der Waals surface area contributed by atoms with Gasteiger partial charge in [-0.1, -0.05) is 20.8 Å². The Bertz CT molecular complexity index is 168. The average Bonchev–Trinajstić information content (AvgIpc) is 2.12. The molecule has 78 valence electrons. The number of hydrogen-bond donors (Lipinski definition) is 1. The smallest absolute Gasteiger partial charge is 0.239 e. The average molecular weight is 186 g/mol. The van der Waals surface area contributed by atoms with E-state index in [9.17, 15) is 4.79 Å². The summed E-state index contributed by atoms with van der Waals surface area (Å²) in [5.74, 6) is 0.253. The van der Waals surface area contributed by atoms with Gasteiger partial charge in [0.2, 0.25) is 5.91 Å². The monoisotopic (exact) mass is 186 g/mol. The number of amides is 1. The number of hydrogen-bond acceptors (Lipinski definition) is 2. The summed E-state index contributed by atoms with van der Waals surface area (Å²) in [5.41, 5.74) is 5.76. The first-order valence-corrected chi connectivity index (χ1v) is 4.94. The zero-order chi connectivity index (χ0) is 10.6. The maximum atomic E-state index is 11.7. The molecule has 0 aromatic heterocycles. The van der Waals surface area contributed by atoms with Gasteiger partial charge in [-0.05, 0) is 19.3 Å². The van der Waals surface area contributed by atoms with Crippen LogP contribution >= 0.6 is 0 Å². The molecule has 0 fully saturated rings. The molecule has 0 radical (unpaired) electrons. The Morgan fingerprint density at radius 1 is 1.38 bits per heavy atom. The van der Waals surface area contributed by atoms with Crippen molar-refractivity contribution in [2.75, 3.05) is 7.05 Å². The molecule has 1 amide bonds. The summed E-state index contributed by atoms with van der Waals surface area (Å²) in [5, 5.41) is 0. The summed E-state index contributed by atoms with van der Waals surface area (Å²) in [7, 11) is 1.82. The molecule has 2 N–H and O–H groups in total. The fourth-order valence-corrected chi connectivity index (χ4v) is 1.01. The molecule has 0 unspecified atom stereocenters. The Balaban J connectivity index is 4.25. The third kappa shape index (κ3) is 3.35. The van der Waals surface area contributed by atoms with Crippen LogP contribution in [0.25, 0.3) is 0 Å². The third-order valence-electron chi connectivity index (χ3n) is 2.60. The first-order chi connectivity index (χ1) is 5.91. The largest absolute Gasteiger partial charge is 0.342 e. The maximum absolute atomic E-state index is 11.7. The topological polar surface area (TPSA) is 46.3 Å². The molecule has 0 heterocycles. The van der Waals surface area contributed by atoms with Crippen LogP contribution in [0.2, 0.25) is 0 Å². The van der Waals surface area contributed by atoms with E-state index in [4.69, 9.17) is 5.73 Å². The maximum Gasteiger partial charge on any atom is 0.239 e. The van der Waals surface area contributed by atoms with E-state index >= 15 is 0 Å². The summed E-state index contributed by atoms with van der Waals surface area (Å²) in [6, 6.07) is -0.0868. The molecule has 3 nitrogen and oxygen atoms in total. The molecule has 0 saturated heterocycles. The van der Waals surface area contributed by atoms with Crippen LogP contribution < -0.4 is 5.73 Å². The molecule has 2 atom stereocenters. The highest BCUT2D eigenvalue weighted by atomic mass is 16.2. The molecule has 0 spiro atoms. The van der Waals surface area contributed by atoms with Crippen molar-refractivity contribution in [3.8, 4) is 0 Å². The van der Waals surface area contributed by atoms with Crippen molar-refractivity contribution in [2.45, 2.75) is 46.2 Å². The van der Waals surface area contributed by atoms with Crippen molar-refractivity contribution in [2.24, 2.45) is 11.7 Å². The van der Waals surface area contributed by atoms with Gasteiger partial charge in [0.1, 0.15) is 0 Å². The molecule has 0 aliphatic carbocycles. The van der Waals surface area contributed by atoms with Gasteiger partial charge < -0.3 is 10.6 Å². The van der Waals surface area contributed by atoms with Crippen LogP contribution in [0.1, 0.15) is 34.1 Å². The van der Waals surface area contributed by atoms with Gasteiger partial charge in [-0.3, -0.25) is 4.79 Å². The second kappa shape index (κ2) is 5.22. The number of nitrogens with two attached hydrogens (primary N) is 1. The van der Waals surface area contributed by atoms with Crippen molar-refractivity contribution in [1.29, 1.82) is 0 Å². The van der Waals surface area contributed by atoms with Crippen LogP contribution in [0.15, 0.2) is 0 Å². The van der Waals surface area contributed by atoms with Gasteiger partial charge in [-0.15, -0.1) is 0 Å². The molecular weight excluding hydrogens is 164 g/mol. The van der Waals surface area contributed by atoms with E-state index in [1.807, 2.05) is 27.8 Å². The minimum atomic E-state index is -0.362. The number of nitrogens with zero attached hydrogens (tertiary/aromatic N) is 1. The normalized spacial score (nSPS) is 15.6. The molecule has 0 aliphatic heterocycles. The molecule has 0 rings (SSSR count). The van der Waals surface area contributed by atoms with Gasteiger partial charge in [-0.2, -0.15) is 0 Å².